The third-order valence-corrected chi connectivity index (χ3v) is 6.13. The molecule has 0 bridgehead atoms. The Bertz CT molecular complexity index is 1330. The van der Waals surface area contributed by atoms with Crippen LogP contribution in [0.1, 0.15) is 40.1 Å². The maximum Gasteiger partial charge on any atom is 0.254 e. The summed E-state index contributed by atoms with van der Waals surface area (Å²) >= 11 is 1.58. The highest BCUT2D eigenvalue weighted by Gasteiger charge is 2.14. The van der Waals surface area contributed by atoms with Gasteiger partial charge in [-0.3, -0.25) is 9.59 Å². The van der Waals surface area contributed by atoms with E-state index in [2.05, 4.69) is 31.2 Å². The van der Waals surface area contributed by atoms with E-state index in [1.54, 1.807) is 36.7 Å². The van der Waals surface area contributed by atoms with Crippen LogP contribution in [0.15, 0.2) is 60.2 Å². The van der Waals surface area contributed by atoms with Crippen LogP contribution >= 0.6 is 11.3 Å². The van der Waals surface area contributed by atoms with Gasteiger partial charge in [0.2, 0.25) is 0 Å². The van der Waals surface area contributed by atoms with Crippen molar-refractivity contribution in [3.8, 4) is 0 Å². The SMILES string of the molecule is CNC(=O)c1ccc(CCNC(=O)c2cnc(Nc3ccc4ncsc4c3)cc2NC(C)C)cc1. The van der Waals surface area contributed by atoms with Crippen molar-refractivity contribution in [1.82, 2.24) is 20.6 Å². The molecule has 0 aliphatic heterocycles. The fraction of sp³-hybridized carbons (Fsp3) is 0.231. The molecule has 2 aromatic carbocycles. The summed E-state index contributed by atoms with van der Waals surface area (Å²) < 4.78 is 1.09. The lowest BCUT2D eigenvalue weighted by molar-refractivity contribution is 0.0950. The van der Waals surface area contributed by atoms with E-state index in [0.717, 1.165) is 21.5 Å². The fourth-order valence-electron chi connectivity index (χ4n) is 3.60. The Kier molecular flexibility index (Phi) is 7.57. The molecule has 0 saturated carbocycles. The Balaban J connectivity index is 1.42. The first-order valence-electron chi connectivity index (χ1n) is 11.4. The standard InChI is InChI=1S/C26H28N6O2S/c1-16(2)31-22-13-24(32-19-8-9-21-23(12-19)35-15-30-21)29-14-20(22)26(34)28-11-10-17-4-6-18(7-5-17)25(33)27-3/h4-9,12-16H,10-11H2,1-3H3,(H,27,33)(H,28,34)(H2,29,31,32). The molecule has 180 valence electrons. The summed E-state index contributed by atoms with van der Waals surface area (Å²) in [7, 11) is 1.60. The van der Waals surface area contributed by atoms with Gasteiger partial charge in [-0.25, -0.2) is 9.97 Å². The lowest BCUT2D eigenvalue weighted by atomic mass is 10.1. The van der Waals surface area contributed by atoms with Crippen LogP contribution in [0.4, 0.5) is 17.2 Å². The molecule has 0 aliphatic rings. The van der Waals surface area contributed by atoms with E-state index in [9.17, 15) is 9.59 Å². The molecule has 4 aromatic rings. The summed E-state index contributed by atoms with van der Waals surface area (Å²) in [4.78, 5) is 33.4. The summed E-state index contributed by atoms with van der Waals surface area (Å²) in [5, 5.41) is 12.2. The number of pyridine rings is 1. The van der Waals surface area contributed by atoms with Crippen LogP contribution in [-0.2, 0) is 6.42 Å². The summed E-state index contributed by atoms with van der Waals surface area (Å²) in [6.45, 7) is 4.51. The van der Waals surface area contributed by atoms with Crippen LogP contribution in [0.25, 0.3) is 10.2 Å². The van der Waals surface area contributed by atoms with E-state index >= 15 is 0 Å². The number of nitrogens with one attached hydrogen (secondary N) is 4. The number of amides is 2. The molecule has 4 N–H and O–H groups in total. The van der Waals surface area contributed by atoms with E-state index < -0.39 is 0 Å². The van der Waals surface area contributed by atoms with Gasteiger partial charge in [-0.2, -0.15) is 0 Å². The van der Waals surface area contributed by atoms with Gasteiger partial charge in [0.1, 0.15) is 5.82 Å². The van der Waals surface area contributed by atoms with Crippen molar-refractivity contribution in [3.63, 3.8) is 0 Å². The third kappa shape index (κ3) is 6.13. The van der Waals surface area contributed by atoms with Gasteiger partial charge in [-0.05, 0) is 56.2 Å². The normalized spacial score (nSPS) is 10.9. The first-order chi connectivity index (χ1) is 16.9. The van der Waals surface area contributed by atoms with Crippen molar-refractivity contribution in [2.75, 3.05) is 24.2 Å². The molecule has 0 unspecified atom stereocenters. The van der Waals surface area contributed by atoms with Crippen molar-refractivity contribution in [1.29, 1.82) is 0 Å². The van der Waals surface area contributed by atoms with Crippen LogP contribution in [0.3, 0.4) is 0 Å². The lowest BCUT2D eigenvalue weighted by Gasteiger charge is -2.16. The second-order valence-electron chi connectivity index (χ2n) is 8.36. The van der Waals surface area contributed by atoms with Crippen LogP contribution < -0.4 is 21.3 Å². The quantitative estimate of drug-likeness (QED) is 0.275. The number of thiazole rings is 1. The number of hydrogen-bond acceptors (Lipinski definition) is 7. The molecule has 0 fully saturated rings. The maximum absolute atomic E-state index is 12.9. The average Bonchev–Trinajstić information content (AvgIpc) is 3.31. The summed E-state index contributed by atoms with van der Waals surface area (Å²) in [6, 6.07) is 15.3. The van der Waals surface area contributed by atoms with Crippen molar-refractivity contribution < 1.29 is 9.59 Å². The van der Waals surface area contributed by atoms with Crippen molar-refractivity contribution in [3.05, 3.63) is 76.9 Å². The Morgan fingerprint density at radius 3 is 2.54 bits per heavy atom. The number of anilines is 3. The van der Waals surface area contributed by atoms with E-state index in [4.69, 9.17) is 0 Å². The third-order valence-electron chi connectivity index (χ3n) is 5.34. The highest BCUT2D eigenvalue weighted by Crippen LogP contribution is 2.26. The molecule has 0 saturated heterocycles. The molecule has 0 aliphatic carbocycles. The maximum atomic E-state index is 12.9. The van der Waals surface area contributed by atoms with Gasteiger partial charge in [0.05, 0.1) is 27.0 Å². The Morgan fingerprint density at radius 2 is 1.80 bits per heavy atom. The van der Waals surface area contributed by atoms with E-state index in [-0.39, 0.29) is 17.9 Å². The summed E-state index contributed by atoms with van der Waals surface area (Å²) in [5.74, 6) is 0.328. The second-order valence-corrected chi connectivity index (χ2v) is 9.24. The predicted octanol–water partition coefficient (Wildman–Crippen LogP) is 4.59. The number of nitrogens with zero attached hydrogens (tertiary/aromatic N) is 2. The van der Waals surface area contributed by atoms with Crippen LogP contribution in [0.5, 0.6) is 0 Å². The van der Waals surface area contributed by atoms with E-state index in [1.807, 2.05) is 55.8 Å². The first kappa shape index (κ1) is 24.2. The number of rotatable bonds is 9. The summed E-state index contributed by atoms with van der Waals surface area (Å²) in [6.07, 6.45) is 2.24. The number of fused-ring (bicyclic) bond motifs is 1. The van der Waals surface area contributed by atoms with Gasteiger partial charge < -0.3 is 21.3 Å². The summed E-state index contributed by atoms with van der Waals surface area (Å²) in [5.41, 5.74) is 6.53. The Hall–Kier alpha value is -3.98. The molecular formula is C26H28N6O2S. The zero-order valence-corrected chi connectivity index (χ0v) is 20.7. The number of aromatic nitrogens is 2. The van der Waals surface area contributed by atoms with Crippen molar-refractivity contribution >= 4 is 50.6 Å². The van der Waals surface area contributed by atoms with Crippen LogP contribution in [0.2, 0.25) is 0 Å². The largest absolute Gasteiger partial charge is 0.382 e. The van der Waals surface area contributed by atoms with E-state index in [1.165, 1.54) is 0 Å². The predicted molar refractivity (Wildman–Crippen MR) is 142 cm³/mol. The van der Waals surface area contributed by atoms with Gasteiger partial charge in [0, 0.05) is 43.1 Å². The van der Waals surface area contributed by atoms with Gasteiger partial charge in [0.15, 0.2) is 0 Å². The average molecular weight is 489 g/mol. The molecule has 4 rings (SSSR count). The van der Waals surface area contributed by atoms with Crippen molar-refractivity contribution in [2.24, 2.45) is 0 Å². The highest BCUT2D eigenvalue weighted by molar-refractivity contribution is 7.16. The molecule has 0 radical (unpaired) electrons. The minimum Gasteiger partial charge on any atom is -0.382 e. The molecule has 9 heteroatoms. The van der Waals surface area contributed by atoms with Gasteiger partial charge >= 0.3 is 0 Å². The van der Waals surface area contributed by atoms with Gasteiger partial charge in [0.25, 0.3) is 11.8 Å². The van der Waals surface area contributed by atoms with Gasteiger partial charge in [-0.1, -0.05) is 12.1 Å². The topological polar surface area (TPSA) is 108 Å². The minimum atomic E-state index is -0.194. The lowest BCUT2D eigenvalue weighted by Crippen LogP contribution is -2.27. The second kappa shape index (κ2) is 11.0. The van der Waals surface area contributed by atoms with Gasteiger partial charge in [-0.15, -0.1) is 11.3 Å². The zero-order chi connectivity index (χ0) is 24.8. The zero-order valence-electron chi connectivity index (χ0n) is 19.9. The smallest absolute Gasteiger partial charge is 0.254 e. The highest BCUT2D eigenvalue weighted by atomic mass is 32.1. The molecule has 2 heterocycles. The molecule has 0 spiro atoms. The van der Waals surface area contributed by atoms with Crippen LogP contribution in [0, 0.1) is 0 Å². The Labute approximate surface area is 208 Å². The number of hydrogen-bond donors (Lipinski definition) is 4. The molecular weight excluding hydrogens is 460 g/mol. The van der Waals surface area contributed by atoms with E-state index in [0.29, 0.717) is 35.6 Å². The van der Waals surface area contributed by atoms with Crippen LogP contribution in [-0.4, -0.2) is 41.4 Å². The van der Waals surface area contributed by atoms with Crippen molar-refractivity contribution in [2.45, 2.75) is 26.3 Å². The number of carbonyl (C=O) groups excluding carboxylic acids is 2. The fourth-order valence-corrected chi connectivity index (χ4v) is 4.31. The first-order valence-corrected chi connectivity index (χ1v) is 12.3. The molecule has 35 heavy (non-hydrogen) atoms. The molecule has 8 nitrogen and oxygen atoms in total. The molecule has 0 atom stereocenters. The molecule has 2 aromatic heterocycles. The molecule has 2 amide bonds. The number of benzene rings is 2. The minimum absolute atomic E-state index is 0.121. The Morgan fingerprint density at radius 1 is 1.00 bits per heavy atom. The monoisotopic (exact) mass is 488 g/mol. The number of carbonyl (C=O) groups is 2.